The quantitative estimate of drug-likeness (QED) is 0.628. The number of hydrogen-bond acceptors (Lipinski definition) is 3. The molecule has 16 heavy (non-hydrogen) atoms. The Labute approximate surface area is 96.0 Å². The molecule has 0 bridgehead atoms. The van der Waals surface area contributed by atoms with Gasteiger partial charge in [0.1, 0.15) is 0 Å². The van der Waals surface area contributed by atoms with E-state index >= 15 is 0 Å². The van der Waals surface area contributed by atoms with E-state index in [2.05, 4.69) is 18.7 Å². The summed E-state index contributed by atoms with van der Waals surface area (Å²) in [5.41, 5.74) is 2.53. The third-order valence-corrected chi connectivity index (χ3v) is 2.64. The monoisotopic (exact) mass is 222 g/mol. The first-order valence-electron chi connectivity index (χ1n) is 5.47. The summed E-state index contributed by atoms with van der Waals surface area (Å²) in [5.74, 6) is -0.136. The molecule has 0 unspecified atom stereocenters. The number of rotatable bonds is 3. The van der Waals surface area contributed by atoms with E-state index in [-0.39, 0.29) is 5.92 Å². The average Bonchev–Trinajstić information content (AvgIpc) is 2.26. The highest BCUT2D eigenvalue weighted by atomic mass is 17.1. The minimum atomic E-state index is -0.689. The first-order chi connectivity index (χ1) is 7.49. The summed E-state index contributed by atoms with van der Waals surface area (Å²) in [6.45, 7) is 8.20. The zero-order chi connectivity index (χ0) is 12.3. The highest BCUT2D eigenvalue weighted by molar-refractivity contribution is 5.91. The lowest BCUT2D eigenvalue weighted by atomic mass is 9.87. The average molecular weight is 222 g/mol. The molecule has 0 spiro atoms. The summed E-state index contributed by atoms with van der Waals surface area (Å²) in [4.78, 5) is 15.3. The van der Waals surface area contributed by atoms with E-state index in [0.29, 0.717) is 11.5 Å². The van der Waals surface area contributed by atoms with Crippen molar-refractivity contribution in [3.8, 4) is 0 Å². The zero-order valence-corrected chi connectivity index (χ0v) is 10.2. The second-order valence-electron chi connectivity index (χ2n) is 4.50. The molecule has 0 aliphatic rings. The number of hydrogen-bond donors (Lipinski definition) is 1. The molecule has 0 atom stereocenters. The second kappa shape index (κ2) is 5.12. The Morgan fingerprint density at radius 3 is 2.25 bits per heavy atom. The van der Waals surface area contributed by atoms with Crippen molar-refractivity contribution in [2.75, 3.05) is 0 Å². The molecule has 1 aromatic rings. The van der Waals surface area contributed by atoms with Crippen LogP contribution in [0.3, 0.4) is 0 Å². The van der Waals surface area contributed by atoms with Gasteiger partial charge in [-0.25, -0.2) is 4.79 Å². The van der Waals surface area contributed by atoms with Gasteiger partial charge < -0.3 is 0 Å². The first-order valence-corrected chi connectivity index (χ1v) is 5.47. The van der Waals surface area contributed by atoms with Gasteiger partial charge in [0.2, 0.25) is 0 Å². The van der Waals surface area contributed by atoms with Crippen molar-refractivity contribution in [2.45, 2.75) is 39.5 Å². The van der Waals surface area contributed by atoms with Crippen molar-refractivity contribution in [2.24, 2.45) is 0 Å². The Morgan fingerprint density at radius 1 is 1.19 bits per heavy atom. The van der Waals surface area contributed by atoms with Crippen LogP contribution in [0.15, 0.2) is 18.2 Å². The summed E-state index contributed by atoms with van der Waals surface area (Å²) >= 11 is 0. The SMILES string of the molecule is CC(C)c1cccc(C(=O)OO)c1C(C)C. The van der Waals surface area contributed by atoms with Crippen molar-refractivity contribution in [1.82, 2.24) is 0 Å². The molecule has 0 aliphatic heterocycles. The largest absolute Gasteiger partial charge is 0.373 e. The maximum absolute atomic E-state index is 11.4. The molecule has 1 aromatic carbocycles. The van der Waals surface area contributed by atoms with Crippen molar-refractivity contribution < 1.29 is 14.9 Å². The van der Waals surface area contributed by atoms with Crippen LogP contribution in [0.1, 0.15) is 61.0 Å². The molecule has 0 radical (unpaired) electrons. The van der Waals surface area contributed by atoms with E-state index < -0.39 is 5.97 Å². The standard InChI is InChI=1S/C13H18O3/c1-8(2)10-6-5-7-11(13(14)16-15)12(10)9(3)4/h5-9,15H,1-4H3. The molecule has 88 valence electrons. The third kappa shape index (κ3) is 2.42. The van der Waals surface area contributed by atoms with Gasteiger partial charge in [0.15, 0.2) is 0 Å². The van der Waals surface area contributed by atoms with E-state index in [1.807, 2.05) is 26.0 Å². The highest BCUT2D eigenvalue weighted by Gasteiger charge is 2.19. The van der Waals surface area contributed by atoms with Gasteiger partial charge in [0.25, 0.3) is 0 Å². The molecule has 1 N–H and O–H groups in total. The predicted molar refractivity (Wildman–Crippen MR) is 62.7 cm³/mol. The molecular formula is C13H18O3. The van der Waals surface area contributed by atoms with Gasteiger partial charge in [-0.3, -0.25) is 4.89 Å². The Balaban J connectivity index is 3.38. The lowest BCUT2D eigenvalue weighted by Gasteiger charge is -2.18. The van der Waals surface area contributed by atoms with Crippen molar-refractivity contribution in [1.29, 1.82) is 0 Å². The zero-order valence-electron chi connectivity index (χ0n) is 10.2. The van der Waals surface area contributed by atoms with Crippen LogP contribution in [0.2, 0.25) is 0 Å². The predicted octanol–water partition coefficient (Wildman–Crippen LogP) is 3.56. The lowest BCUT2D eigenvalue weighted by molar-refractivity contribution is -0.182. The van der Waals surface area contributed by atoms with Crippen molar-refractivity contribution in [3.63, 3.8) is 0 Å². The Bertz CT molecular complexity index is 381. The minimum absolute atomic E-state index is 0.215. The summed E-state index contributed by atoms with van der Waals surface area (Å²) in [7, 11) is 0. The number of carbonyl (C=O) groups excluding carboxylic acids is 1. The van der Waals surface area contributed by atoms with Crippen LogP contribution in [-0.4, -0.2) is 11.2 Å². The van der Waals surface area contributed by atoms with E-state index in [9.17, 15) is 4.79 Å². The highest BCUT2D eigenvalue weighted by Crippen LogP contribution is 2.29. The molecule has 0 aliphatic carbocycles. The fourth-order valence-corrected chi connectivity index (χ4v) is 1.96. The van der Waals surface area contributed by atoms with Crippen molar-refractivity contribution >= 4 is 5.97 Å². The molecule has 3 nitrogen and oxygen atoms in total. The van der Waals surface area contributed by atoms with E-state index in [4.69, 9.17) is 5.26 Å². The van der Waals surface area contributed by atoms with Crippen LogP contribution in [-0.2, 0) is 4.89 Å². The molecule has 1 rings (SSSR count). The van der Waals surface area contributed by atoms with E-state index in [0.717, 1.165) is 11.1 Å². The van der Waals surface area contributed by atoms with Crippen LogP contribution in [0.25, 0.3) is 0 Å². The van der Waals surface area contributed by atoms with Crippen LogP contribution in [0, 0.1) is 0 Å². The molecule has 0 saturated heterocycles. The molecule has 0 aromatic heterocycles. The summed E-state index contributed by atoms with van der Waals surface area (Å²) in [6, 6.07) is 5.50. The Morgan fingerprint density at radius 2 is 1.81 bits per heavy atom. The minimum Gasteiger partial charge on any atom is -0.295 e. The molecular weight excluding hydrogens is 204 g/mol. The first kappa shape index (κ1) is 12.7. The van der Waals surface area contributed by atoms with Gasteiger partial charge in [0, 0.05) is 0 Å². The fraction of sp³-hybridized carbons (Fsp3) is 0.462. The van der Waals surface area contributed by atoms with Gasteiger partial charge in [-0.1, -0.05) is 39.8 Å². The Hall–Kier alpha value is -1.35. The molecule has 3 heteroatoms. The number of benzene rings is 1. The summed E-state index contributed by atoms with van der Waals surface area (Å²) < 4.78 is 0. The van der Waals surface area contributed by atoms with Gasteiger partial charge in [-0.2, -0.15) is 5.26 Å². The van der Waals surface area contributed by atoms with E-state index in [1.54, 1.807) is 6.07 Å². The molecule has 0 fully saturated rings. The van der Waals surface area contributed by atoms with Gasteiger partial charge in [-0.15, -0.1) is 0 Å². The van der Waals surface area contributed by atoms with Gasteiger partial charge in [-0.05, 0) is 29.0 Å². The lowest BCUT2D eigenvalue weighted by Crippen LogP contribution is -2.10. The molecule has 0 heterocycles. The third-order valence-electron chi connectivity index (χ3n) is 2.64. The van der Waals surface area contributed by atoms with Crippen LogP contribution in [0.4, 0.5) is 0 Å². The van der Waals surface area contributed by atoms with Gasteiger partial charge >= 0.3 is 5.97 Å². The number of carbonyl (C=O) groups is 1. The maximum Gasteiger partial charge on any atom is 0.373 e. The maximum atomic E-state index is 11.4. The smallest absolute Gasteiger partial charge is 0.295 e. The van der Waals surface area contributed by atoms with Crippen LogP contribution < -0.4 is 0 Å². The van der Waals surface area contributed by atoms with Crippen molar-refractivity contribution in [3.05, 3.63) is 34.9 Å². The fourth-order valence-electron chi connectivity index (χ4n) is 1.96. The van der Waals surface area contributed by atoms with Crippen LogP contribution in [0.5, 0.6) is 0 Å². The second-order valence-corrected chi connectivity index (χ2v) is 4.50. The van der Waals surface area contributed by atoms with Crippen LogP contribution >= 0.6 is 0 Å². The molecule has 0 amide bonds. The van der Waals surface area contributed by atoms with Gasteiger partial charge in [0.05, 0.1) is 5.56 Å². The van der Waals surface area contributed by atoms with E-state index in [1.165, 1.54) is 0 Å². The molecule has 0 saturated carbocycles. The summed E-state index contributed by atoms with van der Waals surface area (Å²) in [6.07, 6.45) is 0. The topological polar surface area (TPSA) is 46.5 Å². The summed E-state index contributed by atoms with van der Waals surface area (Å²) in [5, 5.41) is 8.47. The Kier molecular flexibility index (Phi) is 4.07. The normalized spacial score (nSPS) is 10.9.